The van der Waals surface area contributed by atoms with Crippen LogP contribution in [0.4, 0.5) is 11.4 Å². The molecule has 0 aliphatic rings. The third-order valence-corrected chi connectivity index (χ3v) is 3.74. The van der Waals surface area contributed by atoms with Gasteiger partial charge in [0.15, 0.2) is 0 Å². The van der Waals surface area contributed by atoms with E-state index in [4.69, 9.17) is 0 Å². The summed E-state index contributed by atoms with van der Waals surface area (Å²) < 4.78 is 0. The van der Waals surface area contributed by atoms with Gasteiger partial charge in [-0.2, -0.15) is 11.8 Å². The van der Waals surface area contributed by atoms with Crippen LogP contribution in [0.5, 0.6) is 0 Å². The van der Waals surface area contributed by atoms with Crippen molar-refractivity contribution in [2.75, 3.05) is 17.3 Å². The molecule has 0 bridgehead atoms. The van der Waals surface area contributed by atoms with E-state index < -0.39 is 0 Å². The maximum absolute atomic E-state index is 11.2. The fourth-order valence-electron chi connectivity index (χ4n) is 2.03. The first-order valence-corrected chi connectivity index (χ1v) is 7.80. The molecular formula is C14H17N3O2S. The molecule has 106 valence electrons. The molecule has 1 aromatic carbocycles. The van der Waals surface area contributed by atoms with Crippen molar-refractivity contribution in [1.82, 2.24) is 4.98 Å². The molecule has 0 fully saturated rings. The Labute approximate surface area is 121 Å². The van der Waals surface area contributed by atoms with Crippen molar-refractivity contribution in [3.05, 3.63) is 40.6 Å². The predicted molar refractivity (Wildman–Crippen MR) is 84.5 cm³/mol. The van der Waals surface area contributed by atoms with E-state index in [-0.39, 0.29) is 16.7 Å². The number of rotatable bonds is 6. The Hall–Kier alpha value is -1.82. The van der Waals surface area contributed by atoms with Crippen LogP contribution in [0.25, 0.3) is 10.9 Å². The van der Waals surface area contributed by atoms with Crippen LogP contribution in [0, 0.1) is 10.1 Å². The minimum Gasteiger partial charge on any atom is -0.376 e. The predicted octanol–water partition coefficient (Wildman–Crippen LogP) is 3.70. The lowest BCUT2D eigenvalue weighted by Gasteiger charge is -2.16. The summed E-state index contributed by atoms with van der Waals surface area (Å²) in [5.74, 6) is 1.02. The van der Waals surface area contributed by atoms with Crippen molar-refractivity contribution in [3.63, 3.8) is 0 Å². The van der Waals surface area contributed by atoms with Gasteiger partial charge in [-0.15, -0.1) is 0 Å². The summed E-state index contributed by atoms with van der Waals surface area (Å²) in [5, 5.41) is 15.2. The van der Waals surface area contributed by atoms with Crippen LogP contribution in [0.2, 0.25) is 0 Å². The van der Waals surface area contributed by atoms with E-state index in [0.29, 0.717) is 5.69 Å². The average molecular weight is 291 g/mol. The van der Waals surface area contributed by atoms with Crippen LogP contribution in [0.1, 0.15) is 13.3 Å². The van der Waals surface area contributed by atoms with Crippen molar-refractivity contribution in [2.45, 2.75) is 19.4 Å². The van der Waals surface area contributed by atoms with Crippen molar-refractivity contribution >= 4 is 34.0 Å². The van der Waals surface area contributed by atoms with Gasteiger partial charge >= 0.3 is 5.69 Å². The van der Waals surface area contributed by atoms with Crippen molar-refractivity contribution in [3.8, 4) is 0 Å². The van der Waals surface area contributed by atoms with Gasteiger partial charge < -0.3 is 5.32 Å². The SMILES string of the molecule is CSCCC(C)Nc1c([N+](=O)[O-])cnc2ccccc12. The molecule has 1 atom stereocenters. The second-order valence-corrected chi connectivity index (χ2v) is 5.61. The zero-order valence-electron chi connectivity index (χ0n) is 11.5. The highest BCUT2D eigenvalue weighted by Gasteiger charge is 2.19. The third-order valence-electron chi connectivity index (χ3n) is 3.10. The number of thioether (sulfide) groups is 1. The Bertz CT molecular complexity index is 618. The lowest BCUT2D eigenvalue weighted by Crippen LogP contribution is -2.17. The van der Waals surface area contributed by atoms with E-state index in [1.807, 2.05) is 31.2 Å². The van der Waals surface area contributed by atoms with Gasteiger partial charge in [0, 0.05) is 11.4 Å². The maximum atomic E-state index is 11.2. The summed E-state index contributed by atoms with van der Waals surface area (Å²) in [6.45, 7) is 2.04. The fourth-order valence-corrected chi connectivity index (χ4v) is 2.62. The molecule has 1 unspecified atom stereocenters. The summed E-state index contributed by atoms with van der Waals surface area (Å²) in [6, 6.07) is 7.63. The molecule has 20 heavy (non-hydrogen) atoms. The molecule has 0 saturated heterocycles. The molecular weight excluding hydrogens is 274 g/mol. The smallest absolute Gasteiger partial charge is 0.311 e. The molecule has 0 aliphatic heterocycles. The Morgan fingerprint density at radius 1 is 1.45 bits per heavy atom. The minimum absolute atomic E-state index is 0.0275. The fraction of sp³-hybridized carbons (Fsp3) is 0.357. The molecule has 0 saturated carbocycles. The van der Waals surface area contributed by atoms with Crippen molar-refractivity contribution in [2.24, 2.45) is 0 Å². The first kappa shape index (κ1) is 14.6. The summed E-state index contributed by atoms with van der Waals surface area (Å²) >= 11 is 1.77. The number of hydrogen-bond acceptors (Lipinski definition) is 5. The van der Waals surface area contributed by atoms with Gasteiger partial charge in [-0.3, -0.25) is 10.1 Å². The summed E-state index contributed by atoms with van der Waals surface area (Å²) in [7, 11) is 0. The first-order valence-electron chi connectivity index (χ1n) is 6.41. The highest BCUT2D eigenvalue weighted by atomic mass is 32.2. The maximum Gasteiger partial charge on any atom is 0.311 e. The number of para-hydroxylation sites is 1. The van der Waals surface area contributed by atoms with E-state index in [2.05, 4.69) is 16.6 Å². The normalized spacial score (nSPS) is 12.3. The Kier molecular flexibility index (Phi) is 4.79. The van der Waals surface area contributed by atoms with E-state index >= 15 is 0 Å². The number of nitrogens with one attached hydrogen (secondary N) is 1. The molecule has 2 aromatic rings. The molecule has 2 rings (SSSR count). The second kappa shape index (κ2) is 6.56. The van der Waals surface area contributed by atoms with E-state index in [1.165, 1.54) is 6.20 Å². The lowest BCUT2D eigenvalue weighted by molar-refractivity contribution is -0.384. The summed E-state index contributed by atoms with van der Waals surface area (Å²) in [6.07, 6.45) is 4.33. The quantitative estimate of drug-likeness (QED) is 0.649. The molecule has 1 N–H and O–H groups in total. The average Bonchev–Trinajstić information content (AvgIpc) is 2.45. The first-order chi connectivity index (χ1) is 9.63. The summed E-state index contributed by atoms with van der Waals surface area (Å²) in [5.41, 5.74) is 1.35. The zero-order chi connectivity index (χ0) is 14.5. The van der Waals surface area contributed by atoms with Crippen LogP contribution in [0.3, 0.4) is 0 Å². The molecule has 0 aliphatic carbocycles. The van der Waals surface area contributed by atoms with Gasteiger partial charge in [0.2, 0.25) is 0 Å². The lowest BCUT2D eigenvalue weighted by atomic mass is 10.1. The standard InChI is InChI=1S/C14H17N3O2S/c1-10(7-8-20-2)16-14-11-5-3-4-6-12(11)15-9-13(14)17(18)19/h3-6,9-10H,7-8H2,1-2H3,(H,15,16). The monoisotopic (exact) mass is 291 g/mol. The number of nitro groups is 1. The topological polar surface area (TPSA) is 68.1 Å². The van der Waals surface area contributed by atoms with Gasteiger partial charge in [0.05, 0.1) is 10.4 Å². The van der Waals surface area contributed by atoms with Gasteiger partial charge in [-0.25, -0.2) is 4.98 Å². The molecule has 1 heterocycles. The van der Waals surface area contributed by atoms with Gasteiger partial charge in [0.1, 0.15) is 11.9 Å². The Morgan fingerprint density at radius 2 is 2.20 bits per heavy atom. The number of nitrogens with zero attached hydrogens (tertiary/aromatic N) is 2. The largest absolute Gasteiger partial charge is 0.376 e. The number of fused-ring (bicyclic) bond motifs is 1. The van der Waals surface area contributed by atoms with Gasteiger partial charge in [-0.1, -0.05) is 18.2 Å². The van der Waals surface area contributed by atoms with Crippen LogP contribution < -0.4 is 5.32 Å². The Balaban J connectivity index is 2.41. The highest BCUT2D eigenvalue weighted by Crippen LogP contribution is 2.32. The van der Waals surface area contributed by atoms with Crippen LogP contribution in [0.15, 0.2) is 30.5 Å². The Morgan fingerprint density at radius 3 is 2.90 bits per heavy atom. The van der Waals surface area contributed by atoms with Crippen molar-refractivity contribution < 1.29 is 4.92 Å². The van der Waals surface area contributed by atoms with Crippen LogP contribution in [-0.4, -0.2) is 28.0 Å². The van der Waals surface area contributed by atoms with E-state index in [1.54, 1.807) is 11.8 Å². The third kappa shape index (κ3) is 3.19. The summed E-state index contributed by atoms with van der Waals surface area (Å²) in [4.78, 5) is 14.9. The van der Waals surface area contributed by atoms with Gasteiger partial charge in [0.25, 0.3) is 0 Å². The number of aromatic nitrogens is 1. The van der Waals surface area contributed by atoms with Crippen molar-refractivity contribution in [1.29, 1.82) is 0 Å². The molecule has 5 nitrogen and oxygen atoms in total. The number of benzene rings is 1. The molecule has 1 aromatic heterocycles. The van der Waals surface area contributed by atoms with Crippen LogP contribution in [-0.2, 0) is 0 Å². The zero-order valence-corrected chi connectivity index (χ0v) is 12.3. The van der Waals surface area contributed by atoms with E-state index in [9.17, 15) is 10.1 Å². The number of pyridine rings is 1. The number of anilines is 1. The molecule has 0 spiro atoms. The molecule has 0 amide bonds. The highest BCUT2D eigenvalue weighted by molar-refractivity contribution is 7.98. The van der Waals surface area contributed by atoms with E-state index in [0.717, 1.165) is 23.1 Å². The second-order valence-electron chi connectivity index (χ2n) is 4.62. The van der Waals surface area contributed by atoms with Gasteiger partial charge in [-0.05, 0) is 31.4 Å². The molecule has 6 heteroatoms. The van der Waals surface area contributed by atoms with Crippen LogP contribution >= 0.6 is 11.8 Å². The number of hydrogen-bond donors (Lipinski definition) is 1. The minimum atomic E-state index is -0.386. The molecule has 0 radical (unpaired) electrons.